The summed E-state index contributed by atoms with van der Waals surface area (Å²) in [4.78, 5) is 1.34. The van der Waals surface area contributed by atoms with Crippen LogP contribution in [-0.4, -0.2) is 26.8 Å². The quantitative estimate of drug-likeness (QED) is 0.749. The van der Waals surface area contributed by atoms with E-state index in [0.29, 0.717) is 5.92 Å². The van der Waals surface area contributed by atoms with Gasteiger partial charge in [-0.05, 0) is 37.6 Å². The van der Waals surface area contributed by atoms with Crippen LogP contribution in [-0.2, 0) is 11.2 Å². The van der Waals surface area contributed by atoms with Crippen molar-refractivity contribution in [2.24, 2.45) is 5.92 Å². The Morgan fingerprint density at radius 1 is 1.53 bits per heavy atom. The molecule has 1 rings (SSSR count). The van der Waals surface area contributed by atoms with Gasteiger partial charge in [-0.1, -0.05) is 18.5 Å². The molecule has 1 heterocycles. The molecule has 1 N–H and O–H groups in total. The van der Waals surface area contributed by atoms with Crippen LogP contribution in [0.2, 0.25) is 4.34 Å². The average Bonchev–Trinajstić information content (AvgIpc) is 2.60. The van der Waals surface area contributed by atoms with Gasteiger partial charge in [0.2, 0.25) is 0 Å². The summed E-state index contributed by atoms with van der Waals surface area (Å²) in [5.74, 6) is 0.571. The lowest BCUT2D eigenvalue weighted by Crippen LogP contribution is -2.25. The predicted molar refractivity (Wildman–Crippen MR) is 66.9 cm³/mol. The van der Waals surface area contributed by atoms with Crippen LogP contribution < -0.4 is 5.32 Å². The Labute approximate surface area is 101 Å². The first-order valence-corrected chi connectivity index (χ1v) is 6.35. The molecule has 0 saturated heterocycles. The van der Waals surface area contributed by atoms with E-state index in [4.69, 9.17) is 16.3 Å². The standard InChI is InChI=1S/C11H18ClNOS/c1-9(8-14-2)7-13-6-5-10-3-4-11(12)15-10/h3-4,9,13H,5-8H2,1-2H3. The van der Waals surface area contributed by atoms with Crippen molar-refractivity contribution in [1.29, 1.82) is 0 Å². The Morgan fingerprint density at radius 3 is 2.93 bits per heavy atom. The van der Waals surface area contributed by atoms with E-state index >= 15 is 0 Å². The second-order valence-corrected chi connectivity index (χ2v) is 5.52. The van der Waals surface area contributed by atoms with E-state index in [2.05, 4.69) is 18.3 Å². The Hall–Kier alpha value is -0.0900. The molecule has 0 aliphatic rings. The molecule has 1 aromatic rings. The summed E-state index contributed by atoms with van der Waals surface area (Å²) in [7, 11) is 1.74. The summed E-state index contributed by atoms with van der Waals surface area (Å²) >= 11 is 7.50. The van der Waals surface area contributed by atoms with Crippen LogP contribution in [0.5, 0.6) is 0 Å². The van der Waals surface area contributed by atoms with Gasteiger partial charge in [0, 0.05) is 18.6 Å². The minimum Gasteiger partial charge on any atom is -0.384 e. The van der Waals surface area contributed by atoms with E-state index in [1.807, 2.05) is 6.07 Å². The molecular formula is C11H18ClNOS. The number of nitrogens with one attached hydrogen (secondary N) is 1. The molecule has 0 aliphatic carbocycles. The lowest BCUT2D eigenvalue weighted by molar-refractivity contribution is 0.158. The molecule has 0 bridgehead atoms. The van der Waals surface area contributed by atoms with Gasteiger partial charge in [0.25, 0.3) is 0 Å². The zero-order chi connectivity index (χ0) is 11.1. The largest absolute Gasteiger partial charge is 0.384 e. The van der Waals surface area contributed by atoms with Crippen LogP contribution >= 0.6 is 22.9 Å². The molecule has 0 aliphatic heterocycles. The molecule has 1 aromatic heterocycles. The first kappa shape index (κ1) is 13.0. The summed E-state index contributed by atoms with van der Waals surface area (Å²) in [5, 5.41) is 3.41. The van der Waals surface area contributed by atoms with E-state index in [0.717, 1.165) is 30.5 Å². The van der Waals surface area contributed by atoms with Crippen molar-refractivity contribution in [3.63, 3.8) is 0 Å². The average molecular weight is 248 g/mol. The summed E-state index contributed by atoms with van der Waals surface area (Å²) in [5.41, 5.74) is 0. The van der Waals surface area contributed by atoms with E-state index in [1.54, 1.807) is 18.4 Å². The molecule has 0 aromatic carbocycles. The zero-order valence-corrected chi connectivity index (χ0v) is 10.8. The van der Waals surface area contributed by atoms with Crippen LogP contribution in [0.4, 0.5) is 0 Å². The van der Waals surface area contributed by atoms with Crippen LogP contribution in [0.15, 0.2) is 12.1 Å². The fraction of sp³-hybridized carbons (Fsp3) is 0.636. The summed E-state index contributed by atoms with van der Waals surface area (Å²) in [6, 6.07) is 4.04. The van der Waals surface area contributed by atoms with Crippen molar-refractivity contribution in [3.05, 3.63) is 21.3 Å². The minimum absolute atomic E-state index is 0.571. The fourth-order valence-corrected chi connectivity index (χ4v) is 2.48. The zero-order valence-electron chi connectivity index (χ0n) is 9.25. The lowest BCUT2D eigenvalue weighted by Gasteiger charge is -2.10. The Kier molecular flexibility index (Phi) is 6.25. The molecule has 0 radical (unpaired) electrons. The van der Waals surface area contributed by atoms with Gasteiger partial charge < -0.3 is 10.1 Å². The van der Waals surface area contributed by atoms with Gasteiger partial charge in [0.15, 0.2) is 0 Å². The highest BCUT2D eigenvalue weighted by Gasteiger charge is 2.01. The summed E-state index contributed by atoms with van der Waals surface area (Å²) < 4.78 is 5.94. The van der Waals surface area contributed by atoms with Gasteiger partial charge in [-0.25, -0.2) is 0 Å². The normalized spacial score (nSPS) is 13.0. The van der Waals surface area contributed by atoms with Crippen molar-refractivity contribution in [3.8, 4) is 0 Å². The number of hydrogen-bond acceptors (Lipinski definition) is 3. The Morgan fingerprint density at radius 2 is 2.33 bits per heavy atom. The maximum absolute atomic E-state index is 5.85. The number of rotatable bonds is 7. The van der Waals surface area contributed by atoms with Crippen LogP contribution in [0, 0.1) is 5.92 Å². The van der Waals surface area contributed by atoms with E-state index in [1.165, 1.54) is 4.88 Å². The van der Waals surface area contributed by atoms with Crippen LogP contribution in [0.3, 0.4) is 0 Å². The highest BCUT2D eigenvalue weighted by Crippen LogP contribution is 2.21. The SMILES string of the molecule is COCC(C)CNCCc1ccc(Cl)s1. The Bertz CT molecular complexity index is 277. The second-order valence-electron chi connectivity index (χ2n) is 3.72. The van der Waals surface area contributed by atoms with Gasteiger partial charge >= 0.3 is 0 Å². The third-order valence-corrected chi connectivity index (χ3v) is 3.41. The maximum atomic E-state index is 5.85. The number of thiophene rings is 1. The summed E-state index contributed by atoms with van der Waals surface area (Å²) in [6.07, 6.45) is 1.05. The monoisotopic (exact) mass is 247 g/mol. The first-order valence-electron chi connectivity index (χ1n) is 5.16. The van der Waals surface area contributed by atoms with E-state index in [9.17, 15) is 0 Å². The van der Waals surface area contributed by atoms with E-state index < -0.39 is 0 Å². The highest BCUT2D eigenvalue weighted by atomic mass is 35.5. The molecule has 86 valence electrons. The van der Waals surface area contributed by atoms with Crippen molar-refractivity contribution >= 4 is 22.9 Å². The number of halogens is 1. The molecule has 4 heteroatoms. The molecule has 1 atom stereocenters. The van der Waals surface area contributed by atoms with Crippen molar-refractivity contribution in [2.75, 3.05) is 26.8 Å². The molecule has 0 saturated carbocycles. The molecule has 0 fully saturated rings. The molecular weight excluding hydrogens is 230 g/mol. The van der Waals surface area contributed by atoms with Gasteiger partial charge in [-0.2, -0.15) is 0 Å². The van der Waals surface area contributed by atoms with Crippen molar-refractivity contribution in [2.45, 2.75) is 13.3 Å². The van der Waals surface area contributed by atoms with Gasteiger partial charge in [-0.15, -0.1) is 11.3 Å². The third-order valence-electron chi connectivity index (χ3n) is 2.12. The number of methoxy groups -OCH3 is 1. The van der Waals surface area contributed by atoms with E-state index in [-0.39, 0.29) is 0 Å². The van der Waals surface area contributed by atoms with Crippen molar-refractivity contribution in [1.82, 2.24) is 5.32 Å². The third kappa shape index (κ3) is 5.52. The van der Waals surface area contributed by atoms with Crippen LogP contribution in [0.1, 0.15) is 11.8 Å². The molecule has 0 amide bonds. The number of hydrogen-bond donors (Lipinski definition) is 1. The molecule has 1 unspecified atom stereocenters. The Balaban J connectivity index is 2.06. The van der Waals surface area contributed by atoms with Gasteiger partial charge in [0.1, 0.15) is 0 Å². The smallest absolute Gasteiger partial charge is 0.0931 e. The maximum Gasteiger partial charge on any atom is 0.0931 e. The predicted octanol–water partition coefficient (Wildman–Crippen LogP) is 2.82. The summed E-state index contributed by atoms with van der Waals surface area (Å²) in [6.45, 7) is 5.01. The fourth-order valence-electron chi connectivity index (χ4n) is 1.39. The molecule has 2 nitrogen and oxygen atoms in total. The first-order chi connectivity index (χ1) is 7.22. The van der Waals surface area contributed by atoms with Crippen molar-refractivity contribution < 1.29 is 4.74 Å². The topological polar surface area (TPSA) is 21.3 Å². The highest BCUT2D eigenvalue weighted by molar-refractivity contribution is 7.16. The van der Waals surface area contributed by atoms with Crippen LogP contribution in [0.25, 0.3) is 0 Å². The van der Waals surface area contributed by atoms with Gasteiger partial charge in [-0.3, -0.25) is 0 Å². The minimum atomic E-state index is 0.571. The molecule has 15 heavy (non-hydrogen) atoms. The lowest BCUT2D eigenvalue weighted by atomic mass is 10.2. The number of ether oxygens (including phenoxy) is 1. The molecule has 0 spiro atoms. The second kappa shape index (κ2) is 7.23. The van der Waals surface area contributed by atoms with Gasteiger partial charge in [0.05, 0.1) is 4.34 Å².